The number of aliphatic hydroxyl groups is 1. The Hall–Kier alpha value is 0.0700. The van der Waals surface area contributed by atoms with Crippen LogP contribution in [0.1, 0.15) is 26.2 Å². The van der Waals surface area contributed by atoms with Gasteiger partial charge in [0, 0.05) is 34.9 Å². The predicted molar refractivity (Wildman–Crippen MR) is 59.8 cm³/mol. The van der Waals surface area contributed by atoms with Gasteiger partial charge in [-0.05, 0) is 26.3 Å². The smallest absolute Gasteiger partial charge is 0.0664 e. The zero-order valence-corrected chi connectivity index (χ0v) is 9.92. The lowest BCUT2D eigenvalue weighted by Crippen LogP contribution is -2.41. The van der Waals surface area contributed by atoms with Crippen molar-refractivity contribution in [1.82, 2.24) is 4.90 Å². The van der Waals surface area contributed by atoms with Crippen molar-refractivity contribution in [3.05, 3.63) is 0 Å². The summed E-state index contributed by atoms with van der Waals surface area (Å²) in [5.74, 6) is 1.66. The Labute approximate surface area is 88.9 Å². The van der Waals surface area contributed by atoms with Gasteiger partial charge in [0.2, 0.25) is 0 Å². The molecule has 3 nitrogen and oxygen atoms in total. The molecule has 0 saturated carbocycles. The first-order valence-electron chi connectivity index (χ1n) is 5.36. The van der Waals surface area contributed by atoms with Crippen LogP contribution in [0.25, 0.3) is 0 Å². The molecule has 1 rings (SSSR count). The molecule has 1 fully saturated rings. The summed E-state index contributed by atoms with van der Waals surface area (Å²) < 4.78 is 11.2. The second-order valence-electron chi connectivity index (χ2n) is 4.08. The minimum Gasteiger partial charge on any atom is -0.392 e. The zero-order valence-electron chi connectivity index (χ0n) is 9.11. The molecule has 84 valence electrons. The molecule has 0 unspecified atom stereocenters. The van der Waals surface area contributed by atoms with E-state index < -0.39 is 10.8 Å². The zero-order chi connectivity index (χ0) is 10.6. The molecule has 1 heterocycles. The summed E-state index contributed by atoms with van der Waals surface area (Å²) in [5.41, 5.74) is 0. The van der Waals surface area contributed by atoms with Crippen molar-refractivity contribution >= 4 is 10.8 Å². The summed E-state index contributed by atoms with van der Waals surface area (Å²) in [5, 5.41) is 9.51. The molecular weight excluding hydrogens is 198 g/mol. The van der Waals surface area contributed by atoms with Gasteiger partial charge in [0.15, 0.2) is 0 Å². The van der Waals surface area contributed by atoms with Crippen molar-refractivity contribution in [2.24, 2.45) is 0 Å². The van der Waals surface area contributed by atoms with Gasteiger partial charge in [0.25, 0.3) is 0 Å². The topological polar surface area (TPSA) is 40.5 Å². The molecule has 1 atom stereocenters. The highest BCUT2D eigenvalue weighted by atomic mass is 32.2. The number of hydrogen-bond donors (Lipinski definition) is 1. The Balaban J connectivity index is 2.30. The Morgan fingerprint density at radius 2 is 2.07 bits per heavy atom. The maximum absolute atomic E-state index is 11.2. The number of rotatable bonds is 4. The number of hydrogen-bond acceptors (Lipinski definition) is 3. The van der Waals surface area contributed by atoms with Gasteiger partial charge in [0.1, 0.15) is 0 Å². The minimum atomic E-state index is -0.581. The van der Waals surface area contributed by atoms with Crippen LogP contribution < -0.4 is 0 Å². The van der Waals surface area contributed by atoms with Gasteiger partial charge in [0.05, 0.1) is 6.10 Å². The Kier molecular flexibility index (Phi) is 5.06. The van der Waals surface area contributed by atoms with Crippen molar-refractivity contribution in [2.45, 2.75) is 38.3 Å². The van der Waals surface area contributed by atoms with E-state index in [1.165, 1.54) is 0 Å². The number of aliphatic hydroxyl groups excluding tert-OH is 1. The largest absolute Gasteiger partial charge is 0.392 e. The Bertz CT molecular complexity index is 189. The molecule has 14 heavy (non-hydrogen) atoms. The second-order valence-corrected chi connectivity index (χ2v) is 5.78. The molecule has 0 aromatic heterocycles. The van der Waals surface area contributed by atoms with Crippen molar-refractivity contribution in [2.75, 3.05) is 25.1 Å². The third-order valence-electron chi connectivity index (χ3n) is 2.95. The minimum absolute atomic E-state index is 0.215. The van der Waals surface area contributed by atoms with Crippen LogP contribution in [0.15, 0.2) is 0 Å². The fraction of sp³-hybridized carbons (Fsp3) is 1.00. The molecule has 0 spiro atoms. The van der Waals surface area contributed by atoms with Crippen LogP contribution in [-0.4, -0.2) is 51.5 Å². The summed E-state index contributed by atoms with van der Waals surface area (Å²) in [6, 6.07) is 0.522. The first-order valence-corrected chi connectivity index (χ1v) is 6.85. The fourth-order valence-corrected chi connectivity index (χ4v) is 3.11. The third-order valence-corrected chi connectivity index (χ3v) is 4.33. The molecule has 4 heteroatoms. The van der Waals surface area contributed by atoms with E-state index in [-0.39, 0.29) is 6.10 Å². The van der Waals surface area contributed by atoms with E-state index in [2.05, 4.69) is 11.9 Å². The summed E-state index contributed by atoms with van der Waals surface area (Å²) >= 11 is 0. The fourth-order valence-electron chi connectivity index (χ4n) is 1.83. The lowest BCUT2D eigenvalue weighted by Gasteiger charge is -2.32. The van der Waals surface area contributed by atoms with E-state index in [4.69, 9.17) is 0 Å². The van der Waals surface area contributed by atoms with Crippen molar-refractivity contribution in [3.63, 3.8) is 0 Å². The van der Waals surface area contributed by atoms with Crippen LogP contribution >= 0.6 is 0 Å². The molecular formula is C10H21NO2S. The maximum Gasteiger partial charge on any atom is 0.0664 e. The van der Waals surface area contributed by atoms with Gasteiger partial charge in [-0.15, -0.1) is 0 Å². The number of nitrogens with zero attached hydrogens (tertiary/aromatic N) is 1. The average molecular weight is 219 g/mol. The van der Waals surface area contributed by atoms with E-state index in [9.17, 15) is 9.32 Å². The molecule has 0 aliphatic carbocycles. The summed E-state index contributed by atoms with van der Waals surface area (Å²) in [6.07, 6.45) is 2.62. The van der Waals surface area contributed by atoms with E-state index in [1.807, 2.05) is 6.92 Å². The average Bonchev–Trinajstić information content (AvgIpc) is 2.18. The van der Waals surface area contributed by atoms with Crippen molar-refractivity contribution < 1.29 is 9.32 Å². The molecule has 0 aromatic rings. The molecule has 1 N–H and O–H groups in total. The van der Waals surface area contributed by atoms with Gasteiger partial charge < -0.3 is 10.0 Å². The highest BCUT2D eigenvalue weighted by molar-refractivity contribution is 7.85. The molecule has 1 aliphatic rings. The normalized spacial score (nSPS) is 30.6. The van der Waals surface area contributed by atoms with Crippen LogP contribution in [0.2, 0.25) is 0 Å². The van der Waals surface area contributed by atoms with Gasteiger partial charge in [-0.25, -0.2) is 0 Å². The van der Waals surface area contributed by atoms with Crippen molar-refractivity contribution in [3.8, 4) is 0 Å². The van der Waals surface area contributed by atoms with Gasteiger partial charge in [-0.3, -0.25) is 4.21 Å². The lowest BCUT2D eigenvalue weighted by molar-refractivity contribution is 0.0979. The van der Waals surface area contributed by atoms with Crippen LogP contribution in [0, 0.1) is 0 Å². The molecule has 0 amide bonds. The Morgan fingerprint density at radius 1 is 1.50 bits per heavy atom. The molecule has 1 aliphatic heterocycles. The first kappa shape index (κ1) is 12.1. The predicted octanol–water partition coefficient (Wildman–Crippen LogP) is 0.600. The summed E-state index contributed by atoms with van der Waals surface area (Å²) in [4.78, 5) is 2.21. The van der Waals surface area contributed by atoms with Crippen LogP contribution in [0.4, 0.5) is 0 Å². The van der Waals surface area contributed by atoms with Gasteiger partial charge >= 0.3 is 0 Å². The van der Waals surface area contributed by atoms with Crippen molar-refractivity contribution in [1.29, 1.82) is 0 Å². The second kappa shape index (κ2) is 5.83. The Morgan fingerprint density at radius 3 is 2.57 bits per heavy atom. The molecule has 0 radical (unpaired) electrons. The van der Waals surface area contributed by atoms with E-state index >= 15 is 0 Å². The van der Waals surface area contributed by atoms with E-state index in [1.54, 1.807) is 0 Å². The van der Waals surface area contributed by atoms with Crippen LogP contribution in [0.5, 0.6) is 0 Å². The first-order chi connectivity index (χ1) is 6.63. The molecule has 0 aromatic carbocycles. The summed E-state index contributed by atoms with van der Waals surface area (Å²) in [6.45, 7) is 2.74. The van der Waals surface area contributed by atoms with Gasteiger partial charge in [-0.2, -0.15) is 0 Å². The highest BCUT2D eigenvalue weighted by Gasteiger charge is 2.22. The third kappa shape index (κ3) is 3.67. The SMILES string of the molecule is CC[C@@H](O)CN(C)C1CCS(=O)CC1. The monoisotopic (exact) mass is 219 g/mol. The van der Waals surface area contributed by atoms with Crippen LogP contribution in [0.3, 0.4) is 0 Å². The van der Waals surface area contributed by atoms with Gasteiger partial charge in [-0.1, -0.05) is 6.92 Å². The van der Waals surface area contributed by atoms with E-state index in [0.29, 0.717) is 6.04 Å². The number of likely N-dealkylation sites (N-methyl/N-ethyl adjacent to an activating group) is 1. The molecule has 0 bridgehead atoms. The lowest BCUT2D eigenvalue weighted by atomic mass is 10.1. The summed E-state index contributed by atoms with van der Waals surface area (Å²) in [7, 11) is 1.47. The highest BCUT2D eigenvalue weighted by Crippen LogP contribution is 2.15. The van der Waals surface area contributed by atoms with Crippen LogP contribution in [-0.2, 0) is 10.8 Å². The van der Waals surface area contributed by atoms with E-state index in [0.717, 1.165) is 37.3 Å². The molecule has 1 saturated heterocycles. The maximum atomic E-state index is 11.2. The quantitative estimate of drug-likeness (QED) is 0.753. The standard InChI is InChI=1S/C10H21NO2S/c1-3-10(12)8-11(2)9-4-6-14(13)7-5-9/h9-10,12H,3-8H2,1-2H3/t9?,10-,14?/m1/s1.